The molecule has 1 heterocycles. The van der Waals surface area contributed by atoms with Gasteiger partial charge in [0.05, 0.1) is 6.10 Å². The molecule has 208 valence electrons. The van der Waals surface area contributed by atoms with Gasteiger partial charge in [0.25, 0.3) is 0 Å². The molecule has 1 aromatic heterocycles. The summed E-state index contributed by atoms with van der Waals surface area (Å²) in [6, 6.07) is 8.45. The van der Waals surface area contributed by atoms with E-state index in [0.29, 0.717) is 5.56 Å². The number of nitrogens with one attached hydrogen (secondary N) is 4. The van der Waals surface area contributed by atoms with Gasteiger partial charge in [0.2, 0.25) is 17.7 Å². The molecule has 0 bridgehead atoms. The van der Waals surface area contributed by atoms with Crippen molar-refractivity contribution in [1.29, 1.82) is 0 Å². The summed E-state index contributed by atoms with van der Waals surface area (Å²) in [6.07, 6.45) is 0.548. The number of aromatic amines is 1. The van der Waals surface area contributed by atoms with Gasteiger partial charge in [-0.05, 0) is 43.2 Å². The fourth-order valence-corrected chi connectivity index (χ4v) is 3.94. The molecule has 39 heavy (non-hydrogen) atoms. The van der Waals surface area contributed by atoms with Gasteiger partial charge < -0.3 is 42.0 Å². The maximum atomic E-state index is 13.5. The van der Waals surface area contributed by atoms with Crippen LogP contribution in [-0.2, 0) is 32.0 Å². The number of phenols is 1. The molecular weight excluding hydrogens is 506 g/mol. The summed E-state index contributed by atoms with van der Waals surface area (Å²) in [5.74, 6) is -3.46. The first kappa shape index (κ1) is 29.1. The highest BCUT2D eigenvalue weighted by Crippen LogP contribution is 2.19. The van der Waals surface area contributed by atoms with E-state index in [4.69, 9.17) is 5.73 Å². The number of carbonyl (C=O) groups is 4. The van der Waals surface area contributed by atoms with Crippen LogP contribution in [0.2, 0.25) is 0 Å². The van der Waals surface area contributed by atoms with Crippen LogP contribution in [0.3, 0.4) is 0 Å². The Labute approximate surface area is 224 Å². The highest BCUT2D eigenvalue weighted by Gasteiger charge is 2.31. The summed E-state index contributed by atoms with van der Waals surface area (Å²) in [5, 5.41) is 36.9. The molecule has 12 nitrogen and oxygen atoms in total. The summed E-state index contributed by atoms with van der Waals surface area (Å²) < 4.78 is 0. The molecule has 0 spiro atoms. The van der Waals surface area contributed by atoms with Crippen LogP contribution in [0, 0.1) is 0 Å². The fourth-order valence-electron chi connectivity index (χ4n) is 3.94. The number of fused-ring (bicyclic) bond motifs is 1. The number of carboxylic acid groups (broad SMARTS) is 1. The molecule has 3 aromatic rings. The topological polar surface area (TPSA) is 207 Å². The Morgan fingerprint density at radius 1 is 0.872 bits per heavy atom. The average molecular weight is 540 g/mol. The predicted molar refractivity (Wildman–Crippen MR) is 143 cm³/mol. The average Bonchev–Trinajstić information content (AvgIpc) is 3.31. The minimum absolute atomic E-state index is 0.0132. The lowest BCUT2D eigenvalue weighted by atomic mass is 10.0. The molecule has 12 heteroatoms. The van der Waals surface area contributed by atoms with Crippen LogP contribution in [0.25, 0.3) is 10.9 Å². The van der Waals surface area contributed by atoms with Crippen LogP contribution in [0.15, 0.2) is 54.7 Å². The van der Waals surface area contributed by atoms with Gasteiger partial charge >= 0.3 is 5.97 Å². The molecule has 0 saturated carbocycles. The lowest BCUT2D eigenvalue weighted by Gasteiger charge is -2.25. The van der Waals surface area contributed by atoms with Gasteiger partial charge in [0.15, 0.2) is 0 Å². The molecule has 9 N–H and O–H groups in total. The van der Waals surface area contributed by atoms with Crippen molar-refractivity contribution in [2.75, 3.05) is 0 Å². The lowest BCUT2D eigenvalue weighted by molar-refractivity contribution is -0.141. The van der Waals surface area contributed by atoms with Crippen LogP contribution >= 0.6 is 0 Å². The van der Waals surface area contributed by atoms with Crippen molar-refractivity contribution in [3.8, 4) is 5.75 Å². The Hall–Kier alpha value is -4.42. The monoisotopic (exact) mass is 539 g/mol. The Balaban J connectivity index is 1.89. The molecule has 3 rings (SSSR count). The molecule has 0 aliphatic carbocycles. The van der Waals surface area contributed by atoms with Crippen LogP contribution < -0.4 is 21.7 Å². The molecule has 0 fully saturated rings. The second kappa shape index (κ2) is 12.9. The van der Waals surface area contributed by atoms with Crippen molar-refractivity contribution < 1.29 is 34.5 Å². The van der Waals surface area contributed by atoms with Gasteiger partial charge in [-0.3, -0.25) is 19.2 Å². The van der Waals surface area contributed by atoms with E-state index in [9.17, 15) is 34.5 Å². The van der Waals surface area contributed by atoms with E-state index < -0.39 is 54.0 Å². The maximum absolute atomic E-state index is 13.5. The number of rotatable bonds is 12. The number of para-hydroxylation sites is 1. The summed E-state index contributed by atoms with van der Waals surface area (Å²) in [5.41, 5.74) is 7.91. The molecule has 0 radical (unpaired) electrons. The second-order valence-corrected chi connectivity index (χ2v) is 9.39. The standard InChI is InChI=1S/C27H33N5O7/c1-14(27(38)39)30-24(35)21(11-16-7-9-18(34)10-8-16)31-25(36)22(32-26(37)23(28)15(2)33)12-17-13-29-20-6-4-3-5-19(17)20/h3-10,13-15,21-23,29,33-34H,11-12,28H2,1-2H3,(H,30,35)(H,31,36)(H,32,37)(H,38,39). The van der Waals surface area contributed by atoms with Crippen LogP contribution in [-0.4, -0.2) is 74.3 Å². The van der Waals surface area contributed by atoms with Crippen molar-refractivity contribution in [2.24, 2.45) is 5.73 Å². The van der Waals surface area contributed by atoms with Crippen molar-refractivity contribution in [1.82, 2.24) is 20.9 Å². The number of hydrogen-bond acceptors (Lipinski definition) is 7. The quantitative estimate of drug-likeness (QED) is 0.156. The molecular formula is C27H33N5O7. The number of hydrogen-bond donors (Lipinski definition) is 8. The summed E-state index contributed by atoms with van der Waals surface area (Å²) in [4.78, 5) is 53.7. The number of carboxylic acids is 1. The SMILES string of the molecule is CC(NC(=O)C(Cc1ccc(O)cc1)NC(=O)C(Cc1c[nH]c2ccccc12)NC(=O)C(N)C(C)O)C(=O)O. The smallest absolute Gasteiger partial charge is 0.325 e. The second-order valence-electron chi connectivity index (χ2n) is 9.39. The van der Waals surface area contributed by atoms with E-state index >= 15 is 0 Å². The van der Waals surface area contributed by atoms with Gasteiger partial charge in [-0.15, -0.1) is 0 Å². The van der Waals surface area contributed by atoms with E-state index in [-0.39, 0.29) is 18.6 Å². The number of aromatic nitrogens is 1. The number of benzene rings is 2. The predicted octanol–water partition coefficient (Wildman–Crippen LogP) is -0.0743. The highest BCUT2D eigenvalue weighted by molar-refractivity contribution is 5.95. The Morgan fingerprint density at radius 2 is 1.46 bits per heavy atom. The van der Waals surface area contributed by atoms with Gasteiger partial charge in [0, 0.05) is 29.9 Å². The van der Waals surface area contributed by atoms with Crippen molar-refractivity contribution in [3.05, 3.63) is 65.9 Å². The zero-order valence-corrected chi connectivity index (χ0v) is 21.5. The van der Waals surface area contributed by atoms with Gasteiger partial charge in [-0.1, -0.05) is 30.3 Å². The molecule has 0 saturated heterocycles. The van der Waals surface area contributed by atoms with E-state index in [1.807, 2.05) is 24.3 Å². The molecule has 5 atom stereocenters. The molecule has 0 aliphatic rings. The fraction of sp³-hybridized carbons (Fsp3) is 0.333. The first-order valence-electron chi connectivity index (χ1n) is 12.4. The minimum Gasteiger partial charge on any atom is -0.508 e. The first-order chi connectivity index (χ1) is 18.5. The number of aromatic hydroxyl groups is 1. The number of aliphatic hydroxyl groups excluding tert-OH is 1. The Bertz CT molecular complexity index is 1320. The highest BCUT2D eigenvalue weighted by atomic mass is 16.4. The number of carbonyl (C=O) groups excluding carboxylic acids is 3. The van der Waals surface area contributed by atoms with Crippen molar-refractivity contribution in [2.45, 2.75) is 57.0 Å². The van der Waals surface area contributed by atoms with Crippen molar-refractivity contribution in [3.63, 3.8) is 0 Å². The zero-order valence-electron chi connectivity index (χ0n) is 21.5. The van der Waals surface area contributed by atoms with E-state index in [0.717, 1.165) is 16.5 Å². The van der Waals surface area contributed by atoms with Gasteiger partial charge in [-0.25, -0.2) is 0 Å². The maximum Gasteiger partial charge on any atom is 0.325 e. The zero-order chi connectivity index (χ0) is 28.7. The number of aliphatic hydroxyl groups is 1. The molecule has 0 aliphatic heterocycles. The number of aliphatic carboxylic acids is 1. The third-order valence-electron chi connectivity index (χ3n) is 6.29. The van der Waals surface area contributed by atoms with Crippen LogP contribution in [0.4, 0.5) is 0 Å². The molecule has 2 aromatic carbocycles. The van der Waals surface area contributed by atoms with E-state index in [1.165, 1.54) is 26.0 Å². The van der Waals surface area contributed by atoms with Crippen molar-refractivity contribution >= 4 is 34.6 Å². The summed E-state index contributed by atoms with van der Waals surface area (Å²) in [7, 11) is 0. The third-order valence-corrected chi connectivity index (χ3v) is 6.29. The Morgan fingerprint density at radius 3 is 2.10 bits per heavy atom. The lowest BCUT2D eigenvalue weighted by Crippen LogP contribution is -2.58. The normalized spacial score (nSPS) is 15.0. The van der Waals surface area contributed by atoms with Crippen LogP contribution in [0.5, 0.6) is 5.75 Å². The van der Waals surface area contributed by atoms with Crippen LogP contribution in [0.1, 0.15) is 25.0 Å². The third kappa shape index (κ3) is 7.79. The van der Waals surface area contributed by atoms with Gasteiger partial charge in [-0.2, -0.15) is 0 Å². The van der Waals surface area contributed by atoms with E-state index in [2.05, 4.69) is 20.9 Å². The minimum atomic E-state index is -1.30. The largest absolute Gasteiger partial charge is 0.508 e. The molecule has 5 unspecified atom stereocenters. The number of nitrogens with two attached hydrogens (primary N) is 1. The summed E-state index contributed by atoms with van der Waals surface area (Å²) in [6.45, 7) is 2.64. The number of amides is 3. The van der Waals surface area contributed by atoms with Gasteiger partial charge in [0.1, 0.15) is 29.9 Å². The Kier molecular flexibility index (Phi) is 9.63. The molecule has 3 amide bonds. The number of phenolic OH excluding ortho intramolecular Hbond substituents is 1. The van der Waals surface area contributed by atoms with E-state index in [1.54, 1.807) is 18.3 Å². The first-order valence-corrected chi connectivity index (χ1v) is 12.4. The summed E-state index contributed by atoms with van der Waals surface area (Å²) >= 11 is 0. The number of H-pyrrole nitrogens is 1.